The summed E-state index contributed by atoms with van der Waals surface area (Å²) in [7, 11) is 7.17. The summed E-state index contributed by atoms with van der Waals surface area (Å²) in [5.74, 6) is -3.23. The van der Waals surface area contributed by atoms with Gasteiger partial charge in [-0.15, -0.1) is 0 Å². The van der Waals surface area contributed by atoms with Crippen LogP contribution in [0.15, 0.2) is 0 Å². The SMILES string of the molecule is CC[C@H]1OC(=O)[C@@H](C)[C@H](O[C@H]2C[C@@](C)(OC)[C@@H](OC(=O)CN)[C@H](C)O2)[C@@H](C)[C@H](O[C@H]2O[C@@H](C)C[C@@H](N(C)C)[C@@H]2O)[C@@](C)(O)C[C@H](C)CN(C)[C@@H](C)[C@@H]2OC(=O)O[C@@]12C. The van der Waals surface area contributed by atoms with Gasteiger partial charge >= 0.3 is 18.1 Å². The number of ether oxygens (including phenoxy) is 9. The minimum atomic E-state index is -1.58. The van der Waals surface area contributed by atoms with E-state index in [2.05, 4.69) is 0 Å². The molecular weight excluding hydrogens is 758 g/mol. The van der Waals surface area contributed by atoms with Gasteiger partial charge in [0.25, 0.3) is 0 Å². The fraction of sp³-hybridized carbons (Fsp3) is 0.927. The molecule has 4 N–H and O–H groups in total. The number of likely N-dealkylation sites (N-methyl/N-ethyl adjacent to an activating group) is 2. The topological polar surface area (TPSA) is 207 Å². The normalized spacial score (nSPS) is 46.3. The van der Waals surface area contributed by atoms with Gasteiger partial charge in [-0.3, -0.25) is 14.5 Å². The van der Waals surface area contributed by atoms with Crippen molar-refractivity contribution in [2.45, 2.75) is 185 Å². The first-order valence-electron chi connectivity index (χ1n) is 20.9. The summed E-state index contributed by atoms with van der Waals surface area (Å²) >= 11 is 0. The van der Waals surface area contributed by atoms with Crippen molar-refractivity contribution in [1.29, 1.82) is 0 Å². The molecule has 0 radical (unpaired) electrons. The van der Waals surface area contributed by atoms with Gasteiger partial charge in [-0.05, 0) is 94.8 Å². The van der Waals surface area contributed by atoms with Gasteiger partial charge in [0.05, 0.1) is 42.5 Å². The standard InChI is InChI=1S/C41H73N3O14/c1-15-28-41(10)34(57-38(48)58-41)25(6)44(13)20-21(2)17-39(8,49)33(56-37-31(46)27(43(11)12)16-22(3)51-37)23(4)32(24(5)36(47)53-28)55-30-18-40(9,50-14)35(26(7)52-30)54-29(45)19-42/h21-28,30-35,37,46,49H,15-20,42H2,1-14H3/t21-,22-,23+,24-,25-,26-,27+,28+,30-,31-,32+,33-,34-,35-,37+,39-,40+,41-/m0/s1. The summed E-state index contributed by atoms with van der Waals surface area (Å²) in [6.07, 6.45) is -8.51. The zero-order valence-electron chi connectivity index (χ0n) is 37.2. The van der Waals surface area contributed by atoms with Crippen molar-refractivity contribution in [1.82, 2.24) is 9.80 Å². The molecule has 0 bridgehead atoms. The van der Waals surface area contributed by atoms with Gasteiger partial charge < -0.3 is 63.5 Å². The van der Waals surface area contributed by atoms with E-state index in [0.717, 1.165) is 0 Å². The Morgan fingerprint density at radius 3 is 2.24 bits per heavy atom. The minimum Gasteiger partial charge on any atom is -0.458 e. The van der Waals surface area contributed by atoms with Gasteiger partial charge in [-0.25, -0.2) is 4.79 Å². The second-order valence-electron chi connectivity index (χ2n) is 18.2. The number of rotatable bonds is 9. The van der Waals surface area contributed by atoms with E-state index in [1.807, 2.05) is 65.6 Å². The number of aliphatic hydroxyl groups is 2. The van der Waals surface area contributed by atoms with Crippen LogP contribution in [-0.2, 0) is 52.2 Å². The number of cyclic esters (lactones) is 1. The van der Waals surface area contributed by atoms with Crippen molar-refractivity contribution in [2.24, 2.45) is 23.5 Å². The Kier molecular flexibility index (Phi) is 16.1. The predicted octanol–water partition coefficient (Wildman–Crippen LogP) is 2.59. The maximum atomic E-state index is 14.6. The Balaban J connectivity index is 1.83. The molecule has 336 valence electrons. The molecule has 17 heteroatoms. The first-order valence-corrected chi connectivity index (χ1v) is 20.9. The average Bonchev–Trinajstić information content (AvgIpc) is 3.46. The minimum absolute atomic E-state index is 0.0849. The second-order valence-corrected chi connectivity index (χ2v) is 18.2. The Labute approximate surface area is 344 Å². The lowest BCUT2D eigenvalue weighted by Gasteiger charge is -2.49. The Bertz CT molecular complexity index is 1410. The van der Waals surface area contributed by atoms with Gasteiger partial charge in [0.15, 0.2) is 30.4 Å². The third-order valence-corrected chi connectivity index (χ3v) is 13.1. The fourth-order valence-corrected chi connectivity index (χ4v) is 9.74. The molecular formula is C41H73N3O14. The molecule has 4 heterocycles. The van der Waals surface area contributed by atoms with Crippen molar-refractivity contribution in [3.8, 4) is 0 Å². The Hall–Kier alpha value is -2.19. The van der Waals surface area contributed by atoms with Crippen LogP contribution in [0.25, 0.3) is 0 Å². The van der Waals surface area contributed by atoms with Crippen molar-refractivity contribution < 1.29 is 67.2 Å². The molecule has 4 aliphatic rings. The average molecular weight is 832 g/mol. The largest absolute Gasteiger partial charge is 0.509 e. The van der Waals surface area contributed by atoms with E-state index in [-0.39, 0.29) is 43.5 Å². The number of nitrogens with zero attached hydrogens (tertiary/aromatic N) is 2. The van der Waals surface area contributed by atoms with Crippen LogP contribution < -0.4 is 5.73 Å². The number of hydrogen-bond donors (Lipinski definition) is 3. The maximum Gasteiger partial charge on any atom is 0.509 e. The smallest absolute Gasteiger partial charge is 0.458 e. The third kappa shape index (κ3) is 10.5. The lowest BCUT2D eigenvalue weighted by atomic mass is 9.77. The molecule has 4 saturated heterocycles. The molecule has 0 saturated carbocycles. The quantitative estimate of drug-likeness (QED) is 0.226. The Morgan fingerprint density at radius 2 is 1.66 bits per heavy atom. The highest BCUT2D eigenvalue weighted by Gasteiger charge is 2.58. The number of carbonyl (C=O) groups is 3. The maximum absolute atomic E-state index is 14.6. The molecule has 18 atom stereocenters. The molecule has 4 aliphatic heterocycles. The molecule has 58 heavy (non-hydrogen) atoms. The number of aliphatic hydroxyl groups excluding tert-OH is 1. The van der Waals surface area contributed by atoms with Crippen molar-refractivity contribution in [3.63, 3.8) is 0 Å². The lowest BCUT2D eigenvalue weighted by Crippen LogP contribution is -2.61. The highest BCUT2D eigenvalue weighted by atomic mass is 16.8. The first kappa shape index (κ1) is 48.5. The molecule has 0 aromatic rings. The number of methoxy groups -OCH3 is 1. The highest BCUT2D eigenvalue weighted by Crippen LogP contribution is 2.42. The van der Waals surface area contributed by atoms with E-state index in [1.165, 1.54) is 7.11 Å². The van der Waals surface area contributed by atoms with E-state index in [0.29, 0.717) is 19.4 Å². The van der Waals surface area contributed by atoms with E-state index in [4.69, 9.17) is 48.4 Å². The zero-order valence-corrected chi connectivity index (χ0v) is 37.2. The van der Waals surface area contributed by atoms with E-state index >= 15 is 0 Å². The molecule has 0 spiro atoms. The zero-order chi connectivity index (χ0) is 43.7. The van der Waals surface area contributed by atoms with Gasteiger partial charge in [-0.2, -0.15) is 0 Å². The summed E-state index contributed by atoms with van der Waals surface area (Å²) in [6, 6.07) is -0.663. The van der Waals surface area contributed by atoms with Crippen molar-refractivity contribution in [3.05, 3.63) is 0 Å². The van der Waals surface area contributed by atoms with E-state index in [9.17, 15) is 24.6 Å². The highest BCUT2D eigenvalue weighted by molar-refractivity contribution is 5.73. The van der Waals surface area contributed by atoms with Crippen molar-refractivity contribution in [2.75, 3.05) is 41.3 Å². The van der Waals surface area contributed by atoms with Crippen LogP contribution in [0, 0.1) is 17.8 Å². The lowest BCUT2D eigenvalue weighted by molar-refractivity contribution is -0.318. The fourth-order valence-electron chi connectivity index (χ4n) is 9.74. The van der Waals surface area contributed by atoms with E-state index in [1.54, 1.807) is 34.6 Å². The van der Waals surface area contributed by atoms with E-state index < -0.39 is 102 Å². The van der Waals surface area contributed by atoms with Gasteiger partial charge in [0.1, 0.15) is 17.8 Å². The van der Waals surface area contributed by atoms with Crippen LogP contribution in [0.5, 0.6) is 0 Å². The molecule has 0 unspecified atom stereocenters. The molecule has 0 aromatic heterocycles. The molecule has 0 aliphatic carbocycles. The molecule has 0 amide bonds. The molecule has 17 nitrogen and oxygen atoms in total. The monoisotopic (exact) mass is 832 g/mol. The molecule has 4 fully saturated rings. The molecule has 4 rings (SSSR count). The van der Waals surface area contributed by atoms with Crippen LogP contribution in [0.4, 0.5) is 4.79 Å². The van der Waals surface area contributed by atoms with Crippen LogP contribution in [0.1, 0.15) is 94.9 Å². The third-order valence-electron chi connectivity index (χ3n) is 13.1. The summed E-state index contributed by atoms with van der Waals surface area (Å²) in [5.41, 5.74) is 1.57. The number of fused-ring (bicyclic) bond motifs is 1. The first-order chi connectivity index (χ1) is 26.9. The summed E-state index contributed by atoms with van der Waals surface area (Å²) in [6.45, 7) is 18.2. The van der Waals surface area contributed by atoms with Gasteiger partial charge in [-0.1, -0.05) is 20.8 Å². The van der Waals surface area contributed by atoms with Gasteiger partial charge in [0, 0.05) is 38.1 Å². The number of hydrogen-bond acceptors (Lipinski definition) is 17. The van der Waals surface area contributed by atoms with Crippen LogP contribution in [0.3, 0.4) is 0 Å². The summed E-state index contributed by atoms with van der Waals surface area (Å²) in [4.78, 5) is 43.6. The van der Waals surface area contributed by atoms with Gasteiger partial charge in [0.2, 0.25) is 0 Å². The van der Waals surface area contributed by atoms with Crippen LogP contribution >= 0.6 is 0 Å². The van der Waals surface area contributed by atoms with Crippen LogP contribution in [0.2, 0.25) is 0 Å². The summed E-state index contributed by atoms with van der Waals surface area (Å²) < 4.78 is 55.7. The second kappa shape index (κ2) is 19.2. The summed E-state index contributed by atoms with van der Waals surface area (Å²) in [5, 5.41) is 24.3. The predicted molar refractivity (Wildman–Crippen MR) is 210 cm³/mol. The van der Waals surface area contributed by atoms with Crippen LogP contribution in [-0.4, -0.2) is 170 Å². The number of nitrogens with two attached hydrogens (primary N) is 1. The molecule has 0 aromatic carbocycles. The number of carbonyl (C=O) groups excluding carboxylic acids is 3. The number of esters is 2. The van der Waals surface area contributed by atoms with Crippen molar-refractivity contribution >= 4 is 18.1 Å². The Morgan fingerprint density at radius 1 is 1.00 bits per heavy atom.